The van der Waals surface area contributed by atoms with Crippen molar-refractivity contribution in [2.24, 2.45) is 0 Å². The summed E-state index contributed by atoms with van der Waals surface area (Å²) in [4.78, 5) is 16.7. The maximum Gasteiger partial charge on any atom is 0.255 e. The fourth-order valence-corrected chi connectivity index (χ4v) is 2.88. The highest BCUT2D eigenvalue weighted by molar-refractivity contribution is 7.13. The number of nitrogens with zero attached hydrogens (tertiary/aromatic N) is 1. The molecular weight excluding hydrogens is 324 g/mol. The van der Waals surface area contributed by atoms with E-state index in [1.165, 1.54) is 0 Å². The van der Waals surface area contributed by atoms with Gasteiger partial charge in [0.25, 0.3) is 5.91 Å². The van der Waals surface area contributed by atoms with Gasteiger partial charge in [0.05, 0.1) is 19.9 Å². The van der Waals surface area contributed by atoms with Crippen molar-refractivity contribution in [2.75, 3.05) is 19.5 Å². The summed E-state index contributed by atoms with van der Waals surface area (Å²) in [5.41, 5.74) is 2.10. The molecule has 3 aromatic rings. The lowest BCUT2D eigenvalue weighted by molar-refractivity contribution is 0.102. The average molecular weight is 340 g/mol. The molecule has 0 saturated carbocycles. The molecule has 0 atom stereocenters. The fourth-order valence-electron chi connectivity index (χ4n) is 2.24. The summed E-state index contributed by atoms with van der Waals surface area (Å²) < 4.78 is 10.5. The van der Waals surface area contributed by atoms with Gasteiger partial charge in [-0.3, -0.25) is 4.79 Å². The first-order valence-corrected chi connectivity index (χ1v) is 8.12. The smallest absolute Gasteiger partial charge is 0.255 e. The number of carbonyl (C=O) groups is 1. The number of anilines is 1. The minimum absolute atomic E-state index is 0.216. The molecule has 0 aliphatic rings. The van der Waals surface area contributed by atoms with E-state index in [1.54, 1.807) is 62.1 Å². The standard InChI is InChI=1S/C18H16N2O3S/c1-22-14-7-8-16(23-2)15(11-14)20-17(21)12-3-5-13(6-4-12)18-19-9-10-24-18/h3-11H,1-2H3,(H,20,21). The molecular formula is C18H16N2O3S. The summed E-state index contributed by atoms with van der Waals surface area (Å²) in [6, 6.07) is 12.6. The Morgan fingerprint density at radius 1 is 1.08 bits per heavy atom. The number of methoxy groups -OCH3 is 2. The molecule has 2 aromatic carbocycles. The second kappa shape index (κ2) is 7.14. The van der Waals surface area contributed by atoms with Crippen LogP contribution in [0.25, 0.3) is 10.6 Å². The van der Waals surface area contributed by atoms with E-state index in [0.29, 0.717) is 22.7 Å². The average Bonchev–Trinajstić information content (AvgIpc) is 3.16. The predicted molar refractivity (Wildman–Crippen MR) is 95.0 cm³/mol. The van der Waals surface area contributed by atoms with Crippen LogP contribution in [-0.2, 0) is 0 Å². The van der Waals surface area contributed by atoms with Gasteiger partial charge in [0.1, 0.15) is 16.5 Å². The summed E-state index contributed by atoms with van der Waals surface area (Å²) in [6.07, 6.45) is 1.76. The van der Waals surface area contributed by atoms with Crippen molar-refractivity contribution in [1.82, 2.24) is 4.98 Å². The molecule has 5 nitrogen and oxygen atoms in total. The van der Waals surface area contributed by atoms with Crippen molar-refractivity contribution in [3.8, 4) is 22.1 Å². The summed E-state index contributed by atoms with van der Waals surface area (Å²) in [7, 11) is 3.13. The van der Waals surface area contributed by atoms with Gasteiger partial charge in [-0.25, -0.2) is 4.98 Å². The van der Waals surface area contributed by atoms with Crippen molar-refractivity contribution in [3.63, 3.8) is 0 Å². The first-order valence-electron chi connectivity index (χ1n) is 7.24. The third kappa shape index (κ3) is 3.38. The van der Waals surface area contributed by atoms with Crippen LogP contribution in [0.15, 0.2) is 54.0 Å². The molecule has 1 amide bonds. The van der Waals surface area contributed by atoms with E-state index < -0.39 is 0 Å². The molecule has 0 fully saturated rings. The zero-order chi connectivity index (χ0) is 16.9. The van der Waals surface area contributed by atoms with Gasteiger partial charge in [-0.05, 0) is 24.3 Å². The Balaban J connectivity index is 1.80. The van der Waals surface area contributed by atoms with Gasteiger partial charge in [0.2, 0.25) is 0 Å². The lowest BCUT2D eigenvalue weighted by Gasteiger charge is -2.12. The first kappa shape index (κ1) is 16.0. The van der Waals surface area contributed by atoms with Gasteiger partial charge in [-0.1, -0.05) is 12.1 Å². The monoisotopic (exact) mass is 340 g/mol. The Morgan fingerprint density at radius 3 is 2.50 bits per heavy atom. The zero-order valence-electron chi connectivity index (χ0n) is 13.3. The molecule has 24 heavy (non-hydrogen) atoms. The van der Waals surface area contributed by atoms with Crippen molar-refractivity contribution in [3.05, 3.63) is 59.6 Å². The second-order valence-electron chi connectivity index (χ2n) is 4.93. The number of aromatic nitrogens is 1. The number of hydrogen-bond donors (Lipinski definition) is 1. The molecule has 1 N–H and O–H groups in total. The number of hydrogen-bond acceptors (Lipinski definition) is 5. The summed E-state index contributed by atoms with van der Waals surface area (Å²) >= 11 is 1.56. The number of thiazole rings is 1. The van der Waals surface area contributed by atoms with E-state index in [0.717, 1.165) is 10.6 Å². The molecule has 0 unspecified atom stereocenters. The lowest BCUT2D eigenvalue weighted by Crippen LogP contribution is -2.12. The Morgan fingerprint density at radius 2 is 1.88 bits per heavy atom. The molecule has 0 aliphatic heterocycles. The normalized spacial score (nSPS) is 10.2. The molecule has 1 aromatic heterocycles. The Labute approximate surface area is 143 Å². The van der Waals surface area contributed by atoms with Crippen LogP contribution in [0, 0.1) is 0 Å². The van der Waals surface area contributed by atoms with Crippen molar-refractivity contribution >= 4 is 22.9 Å². The minimum Gasteiger partial charge on any atom is -0.497 e. The Bertz CT molecular complexity index is 830. The third-order valence-electron chi connectivity index (χ3n) is 3.48. The summed E-state index contributed by atoms with van der Waals surface area (Å²) in [5.74, 6) is 1.00. The van der Waals surface area contributed by atoms with E-state index in [4.69, 9.17) is 9.47 Å². The van der Waals surface area contributed by atoms with Crippen molar-refractivity contribution < 1.29 is 14.3 Å². The van der Waals surface area contributed by atoms with Crippen LogP contribution < -0.4 is 14.8 Å². The van der Waals surface area contributed by atoms with E-state index in [-0.39, 0.29) is 5.91 Å². The van der Waals surface area contributed by atoms with Crippen LogP contribution in [0.3, 0.4) is 0 Å². The molecule has 122 valence electrons. The number of benzene rings is 2. The van der Waals surface area contributed by atoms with Crippen LogP contribution >= 0.6 is 11.3 Å². The molecule has 0 bridgehead atoms. The zero-order valence-corrected chi connectivity index (χ0v) is 14.1. The van der Waals surface area contributed by atoms with Crippen LogP contribution in [0.4, 0.5) is 5.69 Å². The molecule has 1 heterocycles. The predicted octanol–water partition coefficient (Wildman–Crippen LogP) is 4.08. The third-order valence-corrected chi connectivity index (χ3v) is 4.30. The molecule has 3 rings (SSSR count). The lowest BCUT2D eigenvalue weighted by atomic mass is 10.1. The topological polar surface area (TPSA) is 60.5 Å². The highest BCUT2D eigenvalue weighted by Gasteiger charge is 2.11. The molecule has 0 spiro atoms. The summed E-state index contributed by atoms with van der Waals surface area (Å²) in [5, 5.41) is 5.70. The number of ether oxygens (including phenoxy) is 2. The van der Waals surface area contributed by atoms with Crippen LogP contribution in [0.2, 0.25) is 0 Å². The van der Waals surface area contributed by atoms with Crippen molar-refractivity contribution in [2.45, 2.75) is 0 Å². The number of carbonyl (C=O) groups excluding carboxylic acids is 1. The number of nitrogens with one attached hydrogen (secondary N) is 1. The number of amides is 1. The molecule has 0 saturated heterocycles. The van der Waals surface area contributed by atoms with E-state index in [1.807, 2.05) is 17.5 Å². The Hall–Kier alpha value is -2.86. The maximum atomic E-state index is 12.5. The van der Waals surface area contributed by atoms with Gasteiger partial charge in [0.15, 0.2) is 0 Å². The largest absolute Gasteiger partial charge is 0.497 e. The number of rotatable bonds is 5. The van der Waals surface area contributed by atoms with Gasteiger partial charge in [0, 0.05) is 28.8 Å². The quantitative estimate of drug-likeness (QED) is 0.760. The second-order valence-corrected chi connectivity index (χ2v) is 5.83. The van der Waals surface area contributed by atoms with Crippen LogP contribution in [-0.4, -0.2) is 25.1 Å². The first-order chi connectivity index (χ1) is 11.7. The van der Waals surface area contributed by atoms with Crippen molar-refractivity contribution in [1.29, 1.82) is 0 Å². The molecule has 0 radical (unpaired) electrons. The van der Waals surface area contributed by atoms with Gasteiger partial charge in [-0.15, -0.1) is 11.3 Å². The Kier molecular flexibility index (Phi) is 4.77. The van der Waals surface area contributed by atoms with E-state index >= 15 is 0 Å². The fraction of sp³-hybridized carbons (Fsp3) is 0.111. The minimum atomic E-state index is -0.216. The maximum absolute atomic E-state index is 12.5. The summed E-state index contributed by atoms with van der Waals surface area (Å²) in [6.45, 7) is 0. The van der Waals surface area contributed by atoms with Gasteiger partial charge in [-0.2, -0.15) is 0 Å². The molecule has 6 heteroatoms. The van der Waals surface area contributed by atoms with Gasteiger partial charge >= 0.3 is 0 Å². The van der Waals surface area contributed by atoms with E-state index in [9.17, 15) is 4.79 Å². The SMILES string of the molecule is COc1ccc(OC)c(NC(=O)c2ccc(-c3nccs3)cc2)c1. The molecule has 0 aliphatic carbocycles. The highest BCUT2D eigenvalue weighted by atomic mass is 32.1. The van der Waals surface area contributed by atoms with Crippen LogP contribution in [0.5, 0.6) is 11.5 Å². The highest BCUT2D eigenvalue weighted by Crippen LogP contribution is 2.29. The van der Waals surface area contributed by atoms with E-state index in [2.05, 4.69) is 10.3 Å². The van der Waals surface area contributed by atoms with Crippen LogP contribution in [0.1, 0.15) is 10.4 Å². The van der Waals surface area contributed by atoms with Gasteiger partial charge < -0.3 is 14.8 Å².